The van der Waals surface area contributed by atoms with Crippen molar-refractivity contribution in [1.82, 2.24) is 0 Å². The first-order valence-electron chi connectivity index (χ1n) is 16.2. The van der Waals surface area contributed by atoms with Gasteiger partial charge in [-0.1, -0.05) is 104 Å². The Morgan fingerprint density at radius 2 is 1.27 bits per heavy atom. The van der Waals surface area contributed by atoms with Crippen LogP contribution in [0.3, 0.4) is 0 Å². The second kappa shape index (κ2) is 16.8. The normalized spacial score (nSPS) is 25.2. The minimum Gasteiger partial charge on any atom is -0.490 e. The van der Waals surface area contributed by atoms with E-state index in [0.717, 1.165) is 62.2 Å². The van der Waals surface area contributed by atoms with Gasteiger partial charge in [0.15, 0.2) is 11.6 Å². The highest BCUT2D eigenvalue weighted by molar-refractivity contribution is 5.33. The van der Waals surface area contributed by atoms with Crippen molar-refractivity contribution >= 4 is 0 Å². The van der Waals surface area contributed by atoms with E-state index in [4.69, 9.17) is 4.74 Å². The number of hydrogen-bond donors (Lipinski definition) is 0. The number of rotatable bonds is 16. The van der Waals surface area contributed by atoms with Gasteiger partial charge in [0, 0.05) is 0 Å². The molecule has 1 unspecified atom stereocenters. The zero-order chi connectivity index (χ0) is 26.5. The molecule has 3 rings (SSSR count). The molecule has 2 saturated carbocycles. The summed E-state index contributed by atoms with van der Waals surface area (Å²) in [4.78, 5) is 0. The van der Waals surface area contributed by atoms with Crippen molar-refractivity contribution in [2.24, 2.45) is 23.7 Å². The van der Waals surface area contributed by atoms with Crippen LogP contribution in [0, 0.1) is 35.3 Å². The Kier molecular flexibility index (Phi) is 13.8. The first-order chi connectivity index (χ1) is 18.0. The number of unbranched alkanes of at least 4 members (excludes halogenated alkanes) is 8. The van der Waals surface area contributed by atoms with Gasteiger partial charge in [-0.05, 0) is 86.2 Å². The molecule has 1 nitrogen and oxygen atoms in total. The second-order valence-electron chi connectivity index (χ2n) is 12.5. The van der Waals surface area contributed by atoms with Gasteiger partial charge in [0.05, 0.1) is 6.61 Å². The summed E-state index contributed by atoms with van der Waals surface area (Å²) >= 11 is 0. The van der Waals surface area contributed by atoms with Crippen LogP contribution >= 0.6 is 0 Å². The SMILES string of the molecule is CCCCCCCCOc1ccc(C2CCC(C(C)C3CCC(CCCCCC)CC3)CC2)c(F)c1F. The first-order valence-corrected chi connectivity index (χ1v) is 16.2. The van der Waals surface area contributed by atoms with Crippen molar-refractivity contribution in [1.29, 1.82) is 0 Å². The number of halogens is 2. The molecule has 1 aromatic carbocycles. The third-order valence-electron chi connectivity index (χ3n) is 9.89. The molecule has 0 amide bonds. The number of ether oxygens (including phenoxy) is 1. The van der Waals surface area contributed by atoms with Crippen molar-refractivity contribution < 1.29 is 13.5 Å². The van der Waals surface area contributed by atoms with Gasteiger partial charge in [-0.3, -0.25) is 0 Å². The standard InChI is InChI=1S/C34H56F2O/c1-4-6-8-10-11-13-25-37-32-24-23-31(33(35)34(32)36)30-21-19-29(20-22-30)26(3)28-17-15-27(16-18-28)14-12-9-7-5-2/h23-24,26-30H,4-22,25H2,1-3H3. The van der Waals surface area contributed by atoms with E-state index in [-0.39, 0.29) is 11.7 Å². The minimum atomic E-state index is -0.787. The van der Waals surface area contributed by atoms with E-state index >= 15 is 4.39 Å². The molecule has 212 valence electrons. The van der Waals surface area contributed by atoms with Crippen molar-refractivity contribution in [2.75, 3.05) is 6.61 Å². The summed E-state index contributed by atoms with van der Waals surface area (Å²) in [5, 5.41) is 0. The van der Waals surface area contributed by atoms with Gasteiger partial charge < -0.3 is 4.74 Å². The molecule has 0 aromatic heterocycles. The molecule has 2 aliphatic rings. The maximum absolute atomic E-state index is 15.0. The second-order valence-corrected chi connectivity index (χ2v) is 12.5. The van der Waals surface area contributed by atoms with Gasteiger partial charge >= 0.3 is 0 Å². The molecule has 2 aliphatic carbocycles. The number of benzene rings is 1. The Labute approximate surface area is 227 Å². The van der Waals surface area contributed by atoms with Crippen LogP contribution in [0.5, 0.6) is 5.75 Å². The average molecular weight is 519 g/mol. The molecule has 0 radical (unpaired) electrons. The van der Waals surface area contributed by atoms with Gasteiger partial charge in [-0.25, -0.2) is 4.39 Å². The lowest BCUT2D eigenvalue weighted by atomic mass is 9.66. The highest BCUT2D eigenvalue weighted by Crippen LogP contribution is 2.45. The molecular formula is C34H56F2O. The third-order valence-corrected chi connectivity index (χ3v) is 9.89. The van der Waals surface area contributed by atoms with Gasteiger partial charge in [0.1, 0.15) is 0 Å². The van der Waals surface area contributed by atoms with E-state index in [2.05, 4.69) is 20.8 Å². The summed E-state index contributed by atoms with van der Waals surface area (Å²) < 4.78 is 35.4. The van der Waals surface area contributed by atoms with Crippen LogP contribution in [0.2, 0.25) is 0 Å². The van der Waals surface area contributed by atoms with Crippen LogP contribution in [0.4, 0.5) is 8.78 Å². The largest absolute Gasteiger partial charge is 0.490 e. The summed E-state index contributed by atoms with van der Waals surface area (Å²) in [5.41, 5.74) is 0.569. The maximum Gasteiger partial charge on any atom is 0.200 e. The van der Waals surface area contributed by atoms with Gasteiger partial charge in [0.2, 0.25) is 5.82 Å². The molecule has 0 N–H and O–H groups in total. The van der Waals surface area contributed by atoms with E-state index in [1.807, 2.05) is 0 Å². The van der Waals surface area contributed by atoms with Crippen LogP contribution < -0.4 is 4.74 Å². The quantitative estimate of drug-likeness (QED) is 0.198. The van der Waals surface area contributed by atoms with Crippen molar-refractivity contribution in [2.45, 2.75) is 149 Å². The minimum absolute atomic E-state index is 0.0816. The lowest BCUT2D eigenvalue weighted by molar-refractivity contribution is 0.131. The molecule has 2 fully saturated rings. The fourth-order valence-corrected chi connectivity index (χ4v) is 7.24. The molecule has 0 bridgehead atoms. The molecule has 0 heterocycles. The van der Waals surface area contributed by atoms with Gasteiger partial charge in [-0.15, -0.1) is 0 Å². The summed E-state index contributed by atoms with van der Waals surface area (Å²) in [6.07, 6.45) is 23.8. The Hall–Kier alpha value is -1.12. The molecule has 0 saturated heterocycles. The fraction of sp³-hybridized carbons (Fsp3) is 0.824. The predicted molar refractivity (Wildman–Crippen MR) is 153 cm³/mol. The van der Waals surface area contributed by atoms with E-state index in [1.165, 1.54) is 83.5 Å². The summed E-state index contributed by atoms with van der Waals surface area (Å²) in [5.74, 6) is 2.11. The van der Waals surface area contributed by atoms with Crippen LogP contribution in [0.15, 0.2) is 12.1 Å². The highest BCUT2D eigenvalue weighted by Gasteiger charge is 2.33. The Morgan fingerprint density at radius 1 is 0.703 bits per heavy atom. The van der Waals surface area contributed by atoms with Crippen LogP contribution in [0.25, 0.3) is 0 Å². The molecule has 1 atom stereocenters. The van der Waals surface area contributed by atoms with Crippen LogP contribution in [0.1, 0.15) is 154 Å². The lowest BCUT2D eigenvalue weighted by Crippen LogP contribution is -2.28. The molecule has 0 spiro atoms. The summed E-state index contributed by atoms with van der Waals surface area (Å²) in [6.45, 7) is 7.44. The van der Waals surface area contributed by atoms with Crippen molar-refractivity contribution in [3.05, 3.63) is 29.3 Å². The summed E-state index contributed by atoms with van der Waals surface area (Å²) in [6, 6.07) is 3.46. The van der Waals surface area contributed by atoms with E-state index in [0.29, 0.717) is 12.2 Å². The predicted octanol–water partition coefficient (Wildman–Crippen LogP) is 11.4. The zero-order valence-corrected chi connectivity index (χ0v) is 24.3. The summed E-state index contributed by atoms with van der Waals surface area (Å²) in [7, 11) is 0. The topological polar surface area (TPSA) is 9.23 Å². The molecule has 3 heteroatoms. The van der Waals surface area contributed by atoms with Crippen molar-refractivity contribution in [3.8, 4) is 5.75 Å². The third kappa shape index (κ3) is 9.54. The molecule has 1 aromatic rings. The fourth-order valence-electron chi connectivity index (χ4n) is 7.24. The zero-order valence-electron chi connectivity index (χ0n) is 24.3. The Bertz CT molecular complexity index is 746. The monoisotopic (exact) mass is 518 g/mol. The van der Waals surface area contributed by atoms with Crippen LogP contribution in [-0.4, -0.2) is 6.61 Å². The van der Waals surface area contributed by atoms with E-state index in [9.17, 15) is 4.39 Å². The average Bonchev–Trinajstić information content (AvgIpc) is 2.93. The van der Waals surface area contributed by atoms with Crippen LogP contribution in [-0.2, 0) is 0 Å². The Morgan fingerprint density at radius 3 is 1.92 bits per heavy atom. The maximum atomic E-state index is 15.0. The molecule has 0 aliphatic heterocycles. The van der Waals surface area contributed by atoms with Gasteiger partial charge in [0.25, 0.3) is 0 Å². The van der Waals surface area contributed by atoms with E-state index < -0.39 is 11.6 Å². The smallest absolute Gasteiger partial charge is 0.200 e. The number of hydrogen-bond acceptors (Lipinski definition) is 1. The molecule has 37 heavy (non-hydrogen) atoms. The Balaban J connectivity index is 1.39. The van der Waals surface area contributed by atoms with Crippen molar-refractivity contribution in [3.63, 3.8) is 0 Å². The lowest BCUT2D eigenvalue weighted by Gasteiger charge is -2.39. The highest BCUT2D eigenvalue weighted by atomic mass is 19.2. The van der Waals surface area contributed by atoms with Gasteiger partial charge in [-0.2, -0.15) is 4.39 Å². The first kappa shape index (κ1) is 30.4. The molecular weight excluding hydrogens is 462 g/mol. The van der Waals surface area contributed by atoms with E-state index in [1.54, 1.807) is 12.1 Å².